The van der Waals surface area contributed by atoms with E-state index in [9.17, 15) is 37.5 Å². The maximum absolute atomic E-state index is 14.3. The van der Waals surface area contributed by atoms with E-state index < -0.39 is 91.5 Å². The van der Waals surface area contributed by atoms with Crippen LogP contribution in [0.3, 0.4) is 0 Å². The van der Waals surface area contributed by atoms with E-state index in [1.54, 1.807) is 46.0 Å². The number of nitrogens with one attached hydrogen (secondary N) is 2. The summed E-state index contributed by atoms with van der Waals surface area (Å²) in [5.74, 6) is -2.63. The second-order valence-electron chi connectivity index (χ2n) is 17.8. The van der Waals surface area contributed by atoms with Gasteiger partial charge in [-0.3, -0.25) is 23.9 Å². The molecule has 3 aliphatic heterocycles. The lowest BCUT2D eigenvalue weighted by Gasteiger charge is -2.41. The molecule has 2 fully saturated rings. The predicted molar refractivity (Wildman–Crippen MR) is 251 cm³/mol. The number of carbonyl (C=O) groups is 5. The van der Waals surface area contributed by atoms with Crippen molar-refractivity contribution >= 4 is 78.8 Å². The number of hydrogen-bond acceptors (Lipinski definition) is 15. The van der Waals surface area contributed by atoms with Crippen molar-refractivity contribution in [2.75, 3.05) is 46.0 Å². The molecule has 65 heavy (non-hydrogen) atoms. The first-order valence-electron chi connectivity index (χ1n) is 21.4. The lowest BCUT2D eigenvalue weighted by molar-refractivity contribution is -0.162. The summed E-state index contributed by atoms with van der Waals surface area (Å²) in [6, 6.07) is 2.50. The molecule has 1 aromatic rings. The van der Waals surface area contributed by atoms with E-state index in [-0.39, 0.29) is 36.6 Å². The van der Waals surface area contributed by atoms with Crippen LogP contribution in [-0.4, -0.2) is 135 Å². The van der Waals surface area contributed by atoms with Gasteiger partial charge >= 0.3 is 12.1 Å². The number of nitrogens with zero attached hydrogens (tertiary/aromatic N) is 2. The Balaban J connectivity index is 1.55. The van der Waals surface area contributed by atoms with Crippen molar-refractivity contribution < 1.29 is 60.6 Å². The maximum atomic E-state index is 14.3. The van der Waals surface area contributed by atoms with Crippen molar-refractivity contribution in [3.8, 4) is 5.75 Å². The molecule has 4 bridgehead atoms. The first kappa shape index (κ1) is 54.1. The van der Waals surface area contributed by atoms with Gasteiger partial charge in [0.1, 0.15) is 40.3 Å². The van der Waals surface area contributed by atoms with Crippen molar-refractivity contribution in [2.24, 2.45) is 11.8 Å². The summed E-state index contributed by atoms with van der Waals surface area (Å²) in [6.45, 7) is 12.6. The van der Waals surface area contributed by atoms with E-state index in [1.807, 2.05) is 32.9 Å². The van der Waals surface area contributed by atoms with Crippen LogP contribution in [0, 0.1) is 11.8 Å². The average Bonchev–Trinajstić information content (AvgIpc) is 3.95. The van der Waals surface area contributed by atoms with Gasteiger partial charge in [0, 0.05) is 56.3 Å². The molecule has 0 saturated carbocycles. The van der Waals surface area contributed by atoms with Crippen LogP contribution >= 0.6 is 33.2 Å². The highest BCUT2D eigenvalue weighted by Gasteiger charge is 2.64. The van der Waals surface area contributed by atoms with E-state index in [4.69, 9.17) is 30.5 Å². The van der Waals surface area contributed by atoms with E-state index in [0.29, 0.717) is 30.0 Å². The number of aliphatic hydroxyl groups is 1. The minimum atomic E-state index is -4.08. The third-order valence-corrected chi connectivity index (χ3v) is 17.8. The highest BCUT2D eigenvalue weighted by atomic mass is 35.5. The van der Waals surface area contributed by atoms with Crippen molar-refractivity contribution in [1.29, 1.82) is 0 Å². The summed E-state index contributed by atoms with van der Waals surface area (Å²) in [6.07, 6.45) is 2.66. The number of amides is 4. The molecule has 0 spiro atoms. The third-order valence-electron chi connectivity index (χ3n) is 12.5. The van der Waals surface area contributed by atoms with Crippen LogP contribution in [0.15, 0.2) is 35.9 Å². The Morgan fingerprint density at radius 2 is 1.88 bits per heavy atom. The Hall–Kier alpha value is -3.53. The number of allylic oxidation sites excluding steroid dienone is 3. The fraction of sp³-hybridized carbons (Fsp3) is 0.659. The number of carbonyl (C=O) groups excluding carboxylic acids is 5. The molecule has 4 rings (SSSR count). The molecule has 0 radical (unpaired) electrons. The molecular weight excluding hydrogens is 924 g/mol. The minimum Gasteiger partial charge on any atom is -0.495 e. The van der Waals surface area contributed by atoms with Crippen LogP contribution in [0.2, 0.25) is 5.02 Å². The molecule has 1 aromatic carbocycles. The lowest BCUT2D eigenvalue weighted by atomic mass is 9.82. The number of rotatable bonds is 15. The van der Waals surface area contributed by atoms with Crippen LogP contribution in [0.4, 0.5) is 10.5 Å². The van der Waals surface area contributed by atoms with Gasteiger partial charge in [-0.25, -0.2) is 9.59 Å². The molecule has 3 aliphatic rings. The second-order valence-corrected chi connectivity index (χ2v) is 23.1. The molecule has 3 N–H and O–H groups in total. The summed E-state index contributed by atoms with van der Waals surface area (Å²) in [7, 11) is 5.63. The molecule has 21 heteroatoms. The van der Waals surface area contributed by atoms with Gasteiger partial charge in [0.15, 0.2) is 5.25 Å². The zero-order valence-electron chi connectivity index (χ0n) is 39.2. The van der Waals surface area contributed by atoms with Gasteiger partial charge in [-0.05, 0) is 71.6 Å². The van der Waals surface area contributed by atoms with E-state index in [0.717, 1.165) is 18.2 Å². The van der Waals surface area contributed by atoms with Gasteiger partial charge in [0.2, 0.25) is 17.7 Å². The molecule has 17 nitrogen and oxygen atoms in total. The standard InChI is InChI=1S/C44H65ClN4O13S3/c1-25-14-13-15-26(2)44(55)24-32(60-41(54)47-44)27(3)38-43(7,62-38)34(23-36(51)49(10)30-21-29(20-25)22-31(58-11)37(30)45)61-40(53)28(4)48(9)35(50)16-18-42(5,6)64-63-19-17-33(39(52)46-8)65(56,57)59-12/h13-15,21-22,26-28,32-34,38,55H,16-20,23-24H2,1-12H3,(H,46,52)(H,47,54)/b15-13+,25-14+/t26-,27-,28+,32+,33?,34+,38+,43+,44+/m1/s1. The molecular formula is C44H65ClN4O13S3. The van der Waals surface area contributed by atoms with Crippen molar-refractivity contribution in [3.63, 3.8) is 0 Å². The Labute approximate surface area is 395 Å². The molecule has 2 saturated heterocycles. The Kier molecular flexibility index (Phi) is 18.4. The summed E-state index contributed by atoms with van der Waals surface area (Å²) < 4.78 is 52.4. The summed E-state index contributed by atoms with van der Waals surface area (Å²) >= 11 is 6.80. The van der Waals surface area contributed by atoms with Crippen LogP contribution in [0.1, 0.15) is 86.1 Å². The SMILES string of the molecule is CNC(=O)C(CCSSC(C)(C)CCC(=O)N(C)[C@@H](C)C(=O)O[C@H]1CC(=O)N(C)c2cc(cc(OC)c2Cl)C/C(C)=C/C=C/[C@@H](C)[C@@]2(O)C[C@H](OC(=O)N2)[C@@H](C)[C@@H]2O[C@@]12C)S(=O)(=O)OC. The smallest absolute Gasteiger partial charge is 0.409 e. The Morgan fingerprint density at radius 3 is 2.51 bits per heavy atom. The largest absolute Gasteiger partial charge is 0.495 e. The first-order valence-corrected chi connectivity index (χ1v) is 25.5. The highest BCUT2D eigenvalue weighted by Crippen LogP contribution is 2.49. The molecule has 1 unspecified atom stereocenters. The zero-order valence-corrected chi connectivity index (χ0v) is 42.4. The number of epoxide rings is 1. The molecule has 4 amide bonds. The maximum Gasteiger partial charge on any atom is 0.409 e. The number of esters is 1. The molecule has 364 valence electrons. The predicted octanol–water partition coefficient (Wildman–Crippen LogP) is 5.56. The van der Waals surface area contributed by atoms with Gasteiger partial charge in [0.05, 0.1) is 32.4 Å². The number of hydrogen-bond donors (Lipinski definition) is 3. The number of benzene rings is 1. The van der Waals surface area contributed by atoms with Crippen LogP contribution in [-0.2, 0) is 54.1 Å². The molecule has 0 aromatic heterocycles. The van der Waals surface area contributed by atoms with Gasteiger partial charge in [-0.1, -0.05) is 70.8 Å². The average molecular weight is 990 g/mol. The number of ether oxygens (including phenoxy) is 4. The zero-order chi connectivity index (χ0) is 48.8. The van der Waals surface area contributed by atoms with E-state index >= 15 is 0 Å². The number of alkyl carbamates (subject to hydrolysis) is 1. The Bertz CT molecular complexity index is 2120. The summed E-state index contributed by atoms with van der Waals surface area (Å²) in [4.78, 5) is 69.7. The summed E-state index contributed by atoms with van der Waals surface area (Å²) in [5, 5.41) is 15.5. The van der Waals surface area contributed by atoms with Gasteiger partial charge < -0.3 is 39.2 Å². The second kappa shape index (κ2) is 22.1. The molecule has 9 atom stereocenters. The highest BCUT2D eigenvalue weighted by molar-refractivity contribution is 8.77. The number of fused-ring (bicyclic) bond motifs is 5. The topological polar surface area (TPSA) is 220 Å². The molecule has 3 heterocycles. The number of halogens is 1. The van der Waals surface area contributed by atoms with Crippen LogP contribution in [0.25, 0.3) is 0 Å². The first-order chi connectivity index (χ1) is 30.2. The van der Waals surface area contributed by atoms with Crippen molar-refractivity contribution in [1.82, 2.24) is 15.5 Å². The number of likely N-dealkylation sites (N-methyl/N-ethyl adjacent to an activating group) is 1. The lowest BCUT2D eigenvalue weighted by Crippen LogP contribution is -2.60. The minimum absolute atomic E-state index is 0.0229. The van der Waals surface area contributed by atoms with Gasteiger partial charge in [-0.2, -0.15) is 8.42 Å². The summed E-state index contributed by atoms with van der Waals surface area (Å²) in [5.41, 5.74) is -0.789. The fourth-order valence-corrected chi connectivity index (χ4v) is 11.9. The van der Waals surface area contributed by atoms with Crippen molar-refractivity contribution in [3.05, 3.63) is 46.5 Å². The monoisotopic (exact) mass is 988 g/mol. The quantitative estimate of drug-likeness (QED) is 0.0645. The van der Waals surface area contributed by atoms with E-state index in [1.165, 1.54) is 59.5 Å². The fourth-order valence-electron chi connectivity index (χ4n) is 7.79. The van der Waals surface area contributed by atoms with Crippen LogP contribution < -0.4 is 20.3 Å². The van der Waals surface area contributed by atoms with Crippen LogP contribution in [0.5, 0.6) is 5.75 Å². The normalized spacial score (nSPS) is 28.6. The van der Waals surface area contributed by atoms with E-state index in [2.05, 4.69) is 14.8 Å². The van der Waals surface area contributed by atoms with Gasteiger partial charge in [0.25, 0.3) is 10.1 Å². The Morgan fingerprint density at radius 1 is 1.20 bits per heavy atom. The van der Waals surface area contributed by atoms with Gasteiger partial charge in [-0.15, -0.1) is 0 Å². The molecule has 0 aliphatic carbocycles. The number of anilines is 1. The number of methoxy groups -OCH3 is 1. The van der Waals surface area contributed by atoms with Crippen molar-refractivity contribution in [2.45, 2.75) is 133 Å². The third kappa shape index (κ3) is 13.3.